The Morgan fingerprint density at radius 3 is 2.83 bits per heavy atom. The number of rotatable bonds is 6. The van der Waals surface area contributed by atoms with Crippen LogP contribution in [-0.4, -0.2) is 32.8 Å². The molecule has 0 radical (unpaired) electrons. The minimum absolute atomic E-state index is 0.503. The molecule has 1 fully saturated rings. The number of hydrogen-bond acceptors (Lipinski definition) is 5. The first-order valence-corrected chi connectivity index (χ1v) is 8.98. The van der Waals surface area contributed by atoms with Crippen molar-refractivity contribution in [2.24, 2.45) is 0 Å². The molecule has 0 bridgehead atoms. The summed E-state index contributed by atoms with van der Waals surface area (Å²) in [7, 11) is 0. The highest BCUT2D eigenvalue weighted by molar-refractivity contribution is 7.09. The van der Waals surface area contributed by atoms with Crippen LogP contribution in [0.2, 0.25) is 0 Å². The van der Waals surface area contributed by atoms with Crippen LogP contribution in [0, 0.1) is 6.92 Å². The average molecular weight is 340 g/mol. The van der Waals surface area contributed by atoms with Gasteiger partial charge in [-0.1, -0.05) is 17.7 Å². The molecule has 1 saturated heterocycles. The first kappa shape index (κ1) is 15.4. The zero-order valence-electron chi connectivity index (χ0n) is 13.6. The van der Waals surface area contributed by atoms with E-state index < -0.39 is 0 Å². The lowest BCUT2D eigenvalue weighted by atomic mass is 10.1. The number of ether oxygens (including phenoxy) is 1. The molecule has 1 aliphatic heterocycles. The Morgan fingerprint density at radius 1 is 1.25 bits per heavy atom. The van der Waals surface area contributed by atoms with E-state index in [1.807, 2.05) is 35.3 Å². The van der Waals surface area contributed by atoms with E-state index in [9.17, 15) is 0 Å². The van der Waals surface area contributed by atoms with Crippen molar-refractivity contribution in [3.63, 3.8) is 0 Å². The lowest BCUT2D eigenvalue weighted by Gasteiger charge is -2.38. The van der Waals surface area contributed by atoms with Crippen LogP contribution < -0.4 is 4.74 Å². The van der Waals surface area contributed by atoms with E-state index in [1.165, 1.54) is 5.56 Å². The molecule has 2 aromatic heterocycles. The van der Waals surface area contributed by atoms with Crippen LogP contribution in [0.1, 0.15) is 22.3 Å². The van der Waals surface area contributed by atoms with Crippen molar-refractivity contribution < 1.29 is 4.74 Å². The van der Waals surface area contributed by atoms with E-state index in [1.54, 1.807) is 11.3 Å². The molecule has 3 aromatic rings. The second kappa shape index (κ2) is 6.75. The average Bonchev–Trinajstić information content (AvgIpc) is 3.22. The van der Waals surface area contributed by atoms with Crippen molar-refractivity contribution in [2.75, 3.05) is 13.1 Å². The lowest BCUT2D eigenvalue weighted by molar-refractivity contribution is 0.0896. The predicted molar refractivity (Wildman–Crippen MR) is 94.2 cm³/mol. The van der Waals surface area contributed by atoms with Gasteiger partial charge in [0.1, 0.15) is 17.4 Å². The Morgan fingerprint density at radius 2 is 2.08 bits per heavy atom. The molecule has 6 heteroatoms. The number of thiazole rings is 1. The minimum atomic E-state index is 0.503. The summed E-state index contributed by atoms with van der Waals surface area (Å²) in [5.74, 6) is 0.891. The van der Waals surface area contributed by atoms with Gasteiger partial charge < -0.3 is 4.74 Å². The van der Waals surface area contributed by atoms with Crippen LogP contribution >= 0.6 is 11.3 Å². The molecule has 0 N–H and O–H groups in total. The summed E-state index contributed by atoms with van der Waals surface area (Å²) in [6.07, 6.45) is 3.87. The zero-order valence-corrected chi connectivity index (χ0v) is 14.4. The third-order valence-electron chi connectivity index (χ3n) is 4.21. The van der Waals surface area contributed by atoms with Gasteiger partial charge in [-0.15, -0.1) is 11.3 Å². The molecular weight excluding hydrogens is 320 g/mol. The molecule has 1 aromatic carbocycles. The van der Waals surface area contributed by atoms with Gasteiger partial charge in [-0.3, -0.25) is 9.58 Å². The molecule has 0 aliphatic carbocycles. The maximum Gasteiger partial charge on any atom is 0.140 e. The fraction of sp³-hybridized carbons (Fsp3) is 0.333. The topological polar surface area (TPSA) is 43.2 Å². The Bertz CT molecular complexity index is 776. The lowest BCUT2D eigenvalue weighted by Crippen LogP contribution is -2.47. The first-order valence-electron chi connectivity index (χ1n) is 8.10. The molecule has 0 unspecified atom stereocenters. The number of aryl methyl sites for hydroxylation is 1. The van der Waals surface area contributed by atoms with Gasteiger partial charge in [0.15, 0.2) is 0 Å². The van der Waals surface area contributed by atoms with Crippen LogP contribution in [0.3, 0.4) is 0 Å². The summed E-state index contributed by atoms with van der Waals surface area (Å²) < 4.78 is 7.83. The first-order chi connectivity index (χ1) is 11.8. The molecule has 1 aliphatic rings. The van der Waals surface area contributed by atoms with Crippen LogP contribution in [0.15, 0.2) is 48.1 Å². The Labute approximate surface area is 145 Å². The van der Waals surface area contributed by atoms with Gasteiger partial charge in [-0.25, -0.2) is 4.98 Å². The van der Waals surface area contributed by atoms with Gasteiger partial charge in [0.25, 0.3) is 0 Å². The quantitative estimate of drug-likeness (QED) is 0.691. The highest BCUT2D eigenvalue weighted by Crippen LogP contribution is 2.23. The Balaban J connectivity index is 1.26. The SMILES string of the molecule is Cc1ccc(OCc2nc(CN3CC(n4cccn4)C3)cs2)cc1. The summed E-state index contributed by atoms with van der Waals surface area (Å²) in [6, 6.07) is 10.6. The van der Waals surface area contributed by atoms with Gasteiger partial charge in [0.2, 0.25) is 0 Å². The zero-order chi connectivity index (χ0) is 16.4. The molecule has 124 valence electrons. The molecule has 5 nitrogen and oxygen atoms in total. The fourth-order valence-corrected chi connectivity index (χ4v) is 3.53. The monoisotopic (exact) mass is 340 g/mol. The molecule has 4 rings (SSSR count). The van der Waals surface area contributed by atoms with E-state index in [0.29, 0.717) is 12.6 Å². The molecule has 24 heavy (non-hydrogen) atoms. The van der Waals surface area contributed by atoms with Crippen molar-refractivity contribution >= 4 is 11.3 Å². The van der Waals surface area contributed by atoms with Gasteiger partial charge in [-0.2, -0.15) is 5.10 Å². The number of likely N-dealkylation sites (tertiary alicyclic amines) is 1. The maximum atomic E-state index is 5.79. The van der Waals surface area contributed by atoms with Crippen molar-refractivity contribution in [1.82, 2.24) is 19.7 Å². The van der Waals surface area contributed by atoms with E-state index in [4.69, 9.17) is 4.74 Å². The molecule has 3 heterocycles. The van der Waals surface area contributed by atoms with Gasteiger partial charge in [0, 0.05) is 37.4 Å². The van der Waals surface area contributed by atoms with E-state index >= 15 is 0 Å². The second-order valence-electron chi connectivity index (χ2n) is 6.17. The van der Waals surface area contributed by atoms with Crippen LogP contribution in [0.25, 0.3) is 0 Å². The van der Waals surface area contributed by atoms with Crippen LogP contribution in [0.5, 0.6) is 5.75 Å². The number of aromatic nitrogens is 3. The number of nitrogens with zero attached hydrogens (tertiary/aromatic N) is 4. The smallest absolute Gasteiger partial charge is 0.140 e. The van der Waals surface area contributed by atoms with E-state index in [-0.39, 0.29) is 0 Å². The number of benzene rings is 1. The summed E-state index contributed by atoms with van der Waals surface area (Å²) >= 11 is 1.67. The summed E-state index contributed by atoms with van der Waals surface area (Å²) in [5, 5.41) is 7.46. The second-order valence-corrected chi connectivity index (χ2v) is 7.11. The standard InChI is InChI=1S/C18H20N4OS/c1-14-3-5-17(6-4-14)23-12-18-20-15(13-24-18)9-21-10-16(11-21)22-8-2-7-19-22/h2-8,13,16H,9-12H2,1H3. The summed E-state index contributed by atoms with van der Waals surface area (Å²) in [6.45, 7) is 5.58. The van der Waals surface area contributed by atoms with Crippen LogP contribution in [0.4, 0.5) is 0 Å². The third kappa shape index (κ3) is 3.49. The summed E-state index contributed by atoms with van der Waals surface area (Å²) in [4.78, 5) is 7.08. The van der Waals surface area contributed by atoms with Crippen molar-refractivity contribution in [2.45, 2.75) is 26.1 Å². The normalized spacial score (nSPS) is 15.4. The minimum Gasteiger partial charge on any atom is -0.486 e. The maximum absolute atomic E-state index is 5.79. The molecule has 0 atom stereocenters. The van der Waals surface area contributed by atoms with E-state index in [0.717, 1.165) is 36.1 Å². The molecular formula is C18H20N4OS. The Hall–Kier alpha value is -2.18. The summed E-state index contributed by atoms with van der Waals surface area (Å²) in [5.41, 5.74) is 2.36. The third-order valence-corrected chi connectivity index (χ3v) is 5.08. The van der Waals surface area contributed by atoms with Gasteiger partial charge in [-0.05, 0) is 25.1 Å². The van der Waals surface area contributed by atoms with Gasteiger partial charge in [0.05, 0.1) is 11.7 Å². The largest absolute Gasteiger partial charge is 0.486 e. The van der Waals surface area contributed by atoms with Crippen molar-refractivity contribution in [3.8, 4) is 5.75 Å². The predicted octanol–water partition coefficient (Wildman–Crippen LogP) is 3.28. The highest BCUT2D eigenvalue weighted by Gasteiger charge is 2.28. The molecule has 0 amide bonds. The van der Waals surface area contributed by atoms with Crippen LogP contribution in [-0.2, 0) is 13.2 Å². The Kier molecular flexibility index (Phi) is 4.32. The van der Waals surface area contributed by atoms with Crippen molar-refractivity contribution in [3.05, 3.63) is 64.4 Å². The van der Waals surface area contributed by atoms with E-state index in [2.05, 4.69) is 39.4 Å². The molecule has 0 spiro atoms. The number of hydrogen-bond donors (Lipinski definition) is 0. The molecule has 0 saturated carbocycles. The fourth-order valence-electron chi connectivity index (χ4n) is 2.83. The van der Waals surface area contributed by atoms with Gasteiger partial charge >= 0.3 is 0 Å². The van der Waals surface area contributed by atoms with Crippen molar-refractivity contribution in [1.29, 1.82) is 0 Å². The highest BCUT2D eigenvalue weighted by atomic mass is 32.1.